The van der Waals surface area contributed by atoms with E-state index in [-0.39, 0.29) is 29.8 Å². The molecule has 2 amide bonds. The lowest BCUT2D eigenvalue weighted by Gasteiger charge is -2.40. The van der Waals surface area contributed by atoms with Gasteiger partial charge in [0, 0.05) is 26.2 Å². The molecule has 4 rings (SSSR count). The molecule has 0 N–H and O–H groups in total. The number of hydrogen-bond acceptors (Lipinski definition) is 6. The van der Waals surface area contributed by atoms with Crippen LogP contribution in [-0.4, -0.2) is 79.9 Å². The van der Waals surface area contributed by atoms with Crippen molar-refractivity contribution in [3.05, 3.63) is 108 Å². The second-order valence-corrected chi connectivity index (χ2v) is 22.7. The number of benzene rings is 3. The van der Waals surface area contributed by atoms with Crippen LogP contribution in [0.15, 0.2) is 91.0 Å². The van der Waals surface area contributed by atoms with Crippen LogP contribution in [0.25, 0.3) is 0 Å². The van der Waals surface area contributed by atoms with Crippen LogP contribution in [0.4, 0.5) is 9.59 Å². The van der Waals surface area contributed by atoms with Gasteiger partial charge in [0.1, 0.15) is 16.8 Å². The van der Waals surface area contributed by atoms with Crippen LogP contribution in [0, 0.1) is 0 Å². The first-order valence-corrected chi connectivity index (χ1v) is 22.0. The van der Waals surface area contributed by atoms with Crippen molar-refractivity contribution in [1.29, 1.82) is 0 Å². The van der Waals surface area contributed by atoms with Crippen molar-refractivity contribution in [1.82, 2.24) is 9.80 Å². The van der Waals surface area contributed by atoms with Crippen molar-refractivity contribution >= 4 is 20.5 Å². The molecule has 3 aromatic carbocycles. The summed E-state index contributed by atoms with van der Waals surface area (Å²) in [5, 5.41) is 0.0304. The van der Waals surface area contributed by atoms with Crippen molar-refractivity contribution in [2.45, 2.75) is 135 Å². The lowest BCUT2D eigenvalue weighted by Crippen LogP contribution is -2.45. The van der Waals surface area contributed by atoms with Crippen LogP contribution < -0.4 is 0 Å². The summed E-state index contributed by atoms with van der Waals surface area (Å²) >= 11 is 0. The molecular weight excluding hydrogens is 681 g/mol. The van der Waals surface area contributed by atoms with Crippen LogP contribution in [-0.2, 0) is 24.2 Å². The molecule has 53 heavy (non-hydrogen) atoms. The summed E-state index contributed by atoms with van der Waals surface area (Å²) < 4.78 is 26.2. The largest absolute Gasteiger partial charge is 0.444 e. The molecule has 1 aliphatic rings. The highest BCUT2D eigenvalue weighted by molar-refractivity contribution is 6.74. The standard InChI is InChI=1S/C44H64N2O6Si/c1-41(2,3)50-39(47)45(10)31-37(29-28-36-30-38(52-53(11,12)43(7,8)9)32-46(36)40(48)51-42(4,5)6)49-44(33-22-16-13-17-23-33,34-24-18-14-19-25-34)35-26-20-15-21-27-35/h13-27,36-38H,28-32H2,1-12H3. The van der Waals surface area contributed by atoms with Gasteiger partial charge in [-0.05, 0) is 95.6 Å². The Morgan fingerprint density at radius 1 is 0.755 bits per heavy atom. The number of carbonyl (C=O) groups excluding carboxylic acids is 2. The quantitative estimate of drug-likeness (QED) is 0.136. The average Bonchev–Trinajstić information content (AvgIpc) is 3.47. The third-order valence-electron chi connectivity index (χ3n) is 10.2. The fourth-order valence-corrected chi connectivity index (χ4v) is 7.99. The van der Waals surface area contributed by atoms with E-state index in [9.17, 15) is 9.59 Å². The molecule has 3 aromatic rings. The minimum absolute atomic E-state index is 0.0304. The normalized spacial score (nSPS) is 17.7. The molecule has 0 bridgehead atoms. The van der Waals surface area contributed by atoms with Crippen LogP contribution in [0.5, 0.6) is 0 Å². The van der Waals surface area contributed by atoms with Gasteiger partial charge in [0.25, 0.3) is 0 Å². The molecule has 0 spiro atoms. The maximum atomic E-state index is 13.8. The number of rotatable bonds is 12. The second kappa shape index (κ2) is 16.8. The Morgan fingerprint density at radius 3 is 1.62 bits per heavy atom. The van der Waals surface area contributed by atoms with Gasteiger partial charge < -0.3 is 28.4 Å². The Balaban J connectivity index is 1.76. The van der Waals surface area contributed by atoms with E-state index in [0.717, 1.165) is 16.7 Å². The molecule has 9 heteroatoms. The first-order chi connectivity index (χ1) is 24.6. The molecule has 0 radical (unpaired) electrons. The molecule has 1 fully saturated rings. The predicted molar refractivity (Wildman–Crippen MR) is 216 cm³/mol. The lowest BCUT2D eigenvalue weighted by molar-refractivity contribution is -0.0661. The van der Waals surface area contributed by atoms with Crippen LogP contribution in [0.3, 0.4) is 0 Å². The van der Waals surface area contributed by atoms with Gasteiger partial charge in [0.2, 0.25) is 0 Å². The molecular formula is C44H64N2O6Si. The maximum absolute atomic E-state index is 13.8. The van der Waals surface area contributed by atoms with Gasteiger partial charge >= 0.3 is 12.2 Å². The molecule has 8 nitrogen and oxygen atoms in total. The second-order valence-electron chi connectivity index (χ2n) is 18.0. The summed E-state index contributed by atoms with van der Waals surface area (Å²) in [6.07, 6.45) is 0.551. The van der Waals surface area contributed by atoms with E-state index in [1.165, 1.54) is 0 Å². The fraction of sp³-hybridized carbons (Fsp3) is 0.545. The molecule has 3 atom stereocenters. The molecule has 3 unspecified atom stereocenters. The predicted octanol–water partition coefficient (Wildman–Crippen LogP) is 10.4. The van der Waals surface area contributed by atoms with E-state index >= 15 is 0 Å². The lowest BCUT2D eigenvalue weighted by atomic mass is 9.79. The van der Waals surface area contributed by atoms with E-state index in [2.05, 4.69) is 70.3 Å². The number of carbonyl (C=O) groups is 2. The maximum Gasteiger partial charge on any atom is 0.410 e. The molecule has 0 saturated carbocycles. The van der Waals surface area contributed by atoms with E-state index in [1.54, 1.807) is 11.9 Å². The smallest absolute Gasteiger partial charge is 0.410 e. The Morgan fingerprint density at radius 2 is 1.21 bits per heavy atom. The fourth-order valence-electron chi connectivity index (χ4n) is 6.63. The zero-order valence-corrected chi connectivity index (χ0v) is 35.3. The van der Waals surface area contributed by atoms with Gasteiger partial charge in [0.15, 0.2) is 8.32 Å². The monoisotopic (exact) mass is 744 g/mol. The summed E-state index contributed by atoms with van der Waals surface area (Å²) in [5.74, 6) is 0. The SMILES string of the molecule is CN(CC(CCC1CC(O[Si](C)(C)C(C)(C)C)CN1C(=O)OC(C)(C)C)OC(c1ccccc1)(c1ccccc1)c1ccccc1)C(=O)OC(C)(C)C. The number of ether oxygens (including phenoxy) is 3. The number of likely N-dealkylation sites (N-methyl/N-ethyl adjacent to an activating group) is 1. The van der Waals surface area contributed by atoms with Crippen LogP contribution in [0.1, 0.15) is 98.3 Å². The summed E-state index contributed by atoms with van der Waals surface area (Å²) in [6, 6.07) is 30.6. The summed E-state index contributed by atoms with van der Waals surface area (Å²) in [6.45, 7) is 23.2. The zero-order valence-electron chi connectivity index (χ0n) is 34.3. The molecule has 0 aromatic heterocycles. The van der Waals surface area contributed by atoms with Gasteiger partial charge in [0.05, 0.1) is 12.2 Å². The van der Waals surface area contributed by atoms with Crippen molar-refractivity contribution < 1.29 is 28.2 Å². The van der Waals surface area contributed by atoms with E-state index < -0.39 is 37.3 Å². The van der Waals surface area contributed by atoms with Crippen molar-refractivity contribution in [2.75, 3.05) is 20.1 Å². The Labute approximate surface area is 320 Å². The highest BCUT2D eigenvalue weighted by Crippen LogP contribution is 2.43. The zero-order chi connectivity index (χ0) is 39.2. The molecule has 0 aliphatic carbocycles. The van der Waals surface area contributed by atoms with E-state index in [0.29, 0.717) is 25.8 Å². The number of amides is 2. The van der Waals surface area contributed by atoms with Crippen molar-refractivity contribution in [2.24, 2.45) is 0 Å². The van der Waals surface area contributed by atoms with Gasteiger partial charge in [-0.15, -0.1) is 0 Å². The summed E-state index contributed by atoms with van der Waals surface area (Å²) in [4.78, 5) is 30.7. The Kier molecular flexibility index (Phi) is 13.3. The van der Waals surface area contributed by atoms with Gasteiger partial charge in [-0.3, -0.25) is 0 Å². The third kappa shape index (κ3) is 11.2. The van der Waals surface area contributed by atoms with E-state index in [4.69, 9.17) is 18.6 Å². The van der Waals surface area contributed by atoms with Gasteiger partial charge in [-0.2, -0.15) is 0 Å². The first kappa shape index (κ1) is 42.1. The third-order valence-corrected chi connectivity index (χ3v) is 14.7. The van der Waals surface area contributed by atoms with Crippen LogP contribution in [0.2, 0.25) is 18.1 Å². The number of nitrogens with zero attached hydrogens (tertiary/aromatic N) is 2. The Hall–Kier alpha value is -3.66. The molecule has 1 saturated heterocycles. The topological polar surface area (TPSA) is 77.5 Å². The average molecular weight is 745 g/mol. The highest BCUT2D eigenvalue weighted by Gasteiger charge is 2.45. The number of likely N-dealkylation sites (tertiary alicyclic amines) is 1. The summed E-state index contributed by atoms with van der Waals surface area (Å²) in [7, 11) is -0.360. The first-order valence-electron chi connectivity index (χ1n) is 19.1. The van der Waals surface area contributed by atoms with E-state index in [1.807, 2.05) is 101 Å². The number of hydrogen-bond donors (Lipinski definition) is 0. The summed E-state index contributed by atoms with van der Waals surface area (Å²) in [5.41, 5.74) is 0.630. The highest BCUT2D eigenvalue weighted by atomic mass is 28.4. The van der Waals surface area contributed by atoms with Crippen LogP contribution >= 0.6 is 0 Å². The molecule has 1 aliphatic heterocycles. The van der Waals surface area contributed by atoms with Gasteiger partial charge in [-0.1, -0.05) is 112 Å². The van der Waals surface area contributed by atoms with Crippen molar-refractivity contribution in [3.63, 3.8) is 0 Å². The Bertz CT molecular complexity index is 1520. The van der Waals surface area contributed by atoms with Crippen molar-refractivity contribution in [3.8, 4) is 0 Å². The minimum Gasteiger partial charge on any atom is -0.444 e. The molecule has 1 heterocycles. The van der Waals surface area contributed by atoms with Gasteiger partial charge in [-0.25, -0.2) is 9.59 Å². The molecule has 290 valence electrons. The minimum atomic E-state index is -2.12.